The van der Waals surface area contributed by atoms with E-state index in [0.29, 0.717) is 12.8 Å². The van der Waals surface area contributed by atoms with E-state index in [-0.39, 0.29) is 53.7 Å². The van der Waals surface area contributed by atoms with Gasteiger partial charge in [0.05, 0.1) is 18.0 Å². The molecule has 4 fully saturated rings. The number of ketones is 2. The summed E-state index contributed by atoms with van der Waals surface area (Å²) in [6.45, 7) is 4.00. The summed E-state index contributed by atoms with van der Waals surface area (Å²) in [5, 5.41) is 22.8. The van der Waals surface area contributed by atoms with Gasteiger partial charge >= 0.3 is 5.97 Å². The van der Waals surface area contributed by atoms with Crippen molar-refractivity contribution in [2.24, 2.45) is 40.4 Å². The molecule has 0 heterocycles. The number of hydrogen-bond donors (Lipinski definition) is 2. The van der Waals surface area contributed by atoms with Crippen LogP contribution in [-0.4, -0.2) is 64.9 Å². The maximum Gasteiger partial charge on any atom is 0.316 e. The Hall–Kier alpha value is -1.48. The number of carbonyl (C=O) groups is 3. The van der Waals surface area contributed by atoms with Crippen molar-refractivity contribution in [1.82, 2.24) is 0 Å². The molecule has 5 aliphatic rings. The molecule has 5 rings (SSSR count). The highest BCUT2D eigenvalue weighted by molar-refractivity contribution is 7.99. The summed E-state index contributed by atoms with van der Waals surface area (Å²) in [6.07, 6.45) is 14.0. The topological polar surface area (TPSA) is 110 Å². The van der Waals surface area contributed by atoms with Crippen molar-refractivity contribution in [1.29, 1.82) is 0 Å². The van der Waals surface area contributed by atoms with Crippen molar-refractivity contribution in [2.75, 3.05) is 18.6 Å². The highest BCUT2D eigenvalue weighted by Gasteiger charge is 2.62. The molecule has 2 N–H and O–H groups in total. The molecular weight excluding hydrogens is 528 g/mol. The molecule has 0 aromatic heterocycles. The van der Waals surface area contributed by atoms with Gasteiger partial charge < -0.3 is 19.7 Å². The molecule has 0 amide bonds. The predicted octanol–water partition coefficient (Wildman–Crippen LogP) is 4.64. The molecule has 0 radical (unpaired) electrons. The van der Waals surface area contributed by atoms with Crippen molar-refractivity contribution in [2.45, 2.75) is 96.6 Å². The second-order valence-electron chi connectivity index (χ2n) is 13.4. The van der Waals surface area contributed by atoms with E-state index in [4.69, 9.17) is 9.47 Å². The van der Waals surface area contributed by atoms with Crippen LogP contribution in [0.2, 0.25) is 0 Å². The maximum absolute atomic E-state index is 13.8. The summed E-state index contributed by atoms with van der Waals surface area (Å²) in [6, 6.07) is 0. The zero-order valence-corrected chi connectivity index (χ0v) is 25.0. The Bertz CT molecular complexity index is 1050. The molecule has 40 heavy (non-hydrogen) atoms. The van der Waals surface area contributed by atoms with E-state index in [9.17, 15) is 24.6 Å². The number of hydrogen-bond acceptors (Lipinski definition) is 8. The standard InChI is InChI=1S/C32H46O7S/c1-31-12-11-21(33)13-20(31)9-10-23-24-14-22(39-30(37)19-7-5-4-6-8-19)15-25(27(35)17-38-28(36)18-40-3)32(24,2)16-26(34)29(23)31/h11-13,19,22-26,29-30,34,37H,4-10,14-18H2,1-3H3/t22-,23?,24?,25?,26?,29-,30+,31?,32?/m1/s1. The molecule has 6 unspecified atom stereocenters. The monoisotopic (exact) mass is 574 g/mol. The Kier molecular flexibility index (Phi) is 9.01. The van der Waals surface area contributed by atoms with Crippen LogP contribution in [0.4, 0.5) is 0 Å². The van der Waals surface area contributed by atoms with E-state index in [1.807, 2.05) is 12.3 Å². The maximum atomic E-state index is 13.8. The van der Waals surface area contributed by atoms with Crippen LogP contribution in [0.1, 0.15) is 78.1 Å². The number of fused-ring (bicyclic) bond motifs is 5. The number of carbonyl (C=O) groups excluding carboxylic acids is 3. The average Bonchev–Trinajstić information content (AvgIpc) is 2.92. The van der Waals surface area contributed by atoms with Crippen molar-refractivity contribution in [3.63, 3.8) is 0 Å². The van der Waals surface area contributed by atoms with Crippen LogP contribution in [0.3, 0.4) is 0 Å². The highest BCUT2D eigenvalue weighted by atomic mass is 32.2. The first kappa shape index (κ1) is 30.0. The number of thioether (sulfide) groups is 1. The Morgan fingerprint density at radius 1 is 1.15 bits per heavy atom. The molecular formula is C32H46O7S. The van der Waals surface area contributed by atoms with Gasteiger partial charge in [-0.2, -0.15) is 11.8 Å². The lowest BCUT2D eigenvalue weighted by Crippen LogP contribution is -2.61. The van der Waals surface area contributed by atoms with Gasteiger partial charge in [0.2, 0.25) is 0 Å². The second-order valence-corrected chi connectivity index (χ2v) is 14.3. The Labute approximate surface area is 242 Å². The summed E-state index contributed by atoms with van der Waals surface area (Å²) in [4.78, 5) is 38.0. The van der Waals surface area contributed by atoms with E-state index < -0.39 is 35.1 Å². The smallest absolute Gasteiger partial charge is 0.316 e. The van der Waals surface area contributed by atoms with E-state index in [1.165, 1.54) is 18.2 Å². The first-order valence-corrected chi connectivity index (χ1v) is 16.6. The fourth-order valence-electron chi connectivity index (χ4n) is 9.21. The van der Waals surface area contributed by atoms with E-state index >= 15 is 0 Å². The molecule has 9 atom stereocenters. The fraction of sp³-hybridized carbons (Fsp3) is 0.781. The lowest BCUT2D eigenvalue weighted by molar-refractivity contribution is -0.220. The molecule has 0 aromatic carbocycles. The lowest BCUT2D eigenvalue weighted by Gasteiger charge is -2.63. The number of rotatable bonds is 8. The molecule has 0 aromatic rings. The Morgan fingerprint density at radius 2 is 1.90 bits per heavy atom. The quantitative estimate of drug-likeness (QED) is 0.319. The predicted molar refractivity (Wildman–Crippen MR) is 153 cm³/mol. The zero-order valence-electron chi connectivity index (χ0n) is 24.2. The third-order valence-corrected chi connectivity index (χ3v) is 11.7. The summed E-state index contributed by atoms with van der Waals surface area (Å²) < 4.78 is 11.7. The average molecular weight is 575 g/mol. The minimum atomic E-state index is -0.847. The van der Waals surface area contributed by atoms with Gasteiger partial charge in [-0.1, -0.05) is 44.8 Å². The number of aliphatic hydroxyl groups is 2. The van der Waals surface area contributed by atoms with Gasteiger partial charge in [0.1, 0.15) is 6.61 Å². The third kappa shape index (κ3) is 5.62. The molecule has 0 aliphatic heterocycles. The van der Waals surface area contributed by atoms with E-state index in [2.05, 4.69) is 13.8 Å². The van der Waals surface area contributed by atoms with Crippen LogP contribution >= 0.6 is 11.8 Å². The number of allylic oxidation sites excluding steroid dienone is 4. The third-order valence-electron chi connectivity index (χ3n) is 11.2. The van der Waals surface area contributed by atoms with E-state index in [1.54, 1.807) is 12.2 Å². The molecule has 5 aliphatic carbocycles. The SMILES string of the molecule is CSCC(=O)OCC(=O)C1C[C@H](O[C@H](O)C2CCCCC2)CC2C3CCC4=CC(=O)C=CC4(C)[C@H]3C(O)CC12C. The summed E-state index contributed by atoms with van der Waals surface area (Å²) in [5.74, 6) is -0.474. The summed E-state index contributed by atoms with van der Waals surface area (Å²) in [5.41, 5.74) is 0.207. The summed E-state index contributed by atoms with van der Waals surface area (Å²) >= 11 is 1.36. The molecule has 0 bridgehead atoms. The van der Waals surface area contributed by atoms with Gasteiger partial charge in [-0.25, -0.2) is 0 Å². The normalized spacial score (nSPS) is 40.3. The van der Waals surface area contributed by atoms with Crippen molar-refractivity contribution in [3.8, 4) is 0 Å². The Morgan fingerprint density at radius 3 is 2.62 bits per heavy atom. The number of ether oxygens (including phenoxy) is 2. The molecule has 4 saturated carbocycles. The van der Waals surface area contributed by atoms with Gasteiger partial charge in [-0.05, 0) is 80.6 Å². The molecule has 8 heteroatoms. The van der Waals surface area contributed by atoms with Crippen LogP contribution in [0.15, 0.2) is 23.8 Å². The van der Waals surface area contributed by atoms with Crippen LogP contribution in [0.5, 0.6) is 0 Å². The first-order chi connectivity index (χ1) is 19.1. The largest absolute Gasteiger partial charge is 0.457 e. The van der Waals surface area contributed by atoms with Crippen LogP contribution in [-0.2, 0) is 23.9 Å². The fourth-order valence-corrected chi connectivity index (χ4v) is 9.53. The number of esters is 1. The van der Waals surface area contributed by atoms with Crippen molar-refractivity contribution < 1.29 is 34.1 Å². The van der Waals surface area contributed by atoms with E-state index in [0.717, 1.165) is 50.5 Å². The van der Waals surface area contributed by atoms with Crippen molar-refractivity contribution >= 4 is 29.3 Å². The molecule has 0 spiro atoms. The zero-order chi connectivity index (χ0) is 28.7. The number of Topliss-reactive ketones (excluding diaryl/α,β-unsaturated/α-hetero) is 1. The van der Waals surface area contributed by atoms with Crippen LogP contribution < -0.4 is 0 Å². The molecule has 0 saturated heterocycles. The van der Waals surface area contributed by atoms with Crippen LogP contribution in [0, 0.1) is 40.4 Å². The highest BCUT2D eigenvalue weighted by Crippen LogP contribution is 2.65. The molecule has 7 nitrogen and oxygen atoms in total. The van der Waals surface area contributed by atoms with Crippen molar-refractivity contribution in [3.05, 3.63) is 23.8 Å². The Balaban J connectivity index is 1.43. The van der Waals surface area contributed by atoms with Gasteiger partial charge in [0, 0.05) is 23.2 Å². The van der Waals surface area contributed by atoms with Gasteiger partial charge in [0.25, 0.3) is 0 Å². The second kappa shape index (κ2) is 12.0. The lowest BCUT2D eigenvalue weighted by atomic mass is 9.42. The van der Waals surface area contributed by atoms with Gasteiger partial charge in [-0.15, -0.1) is 0 Å². The van der Waals surface area contributed by atoms with Crippen LogP contribution in [0.25, 0.3) is 0 Å². The summed E-state index contributed by atoms with van der Waals surface area (Å²) in [7, 11) is 0. The minimum Gasteiger partial charge on any atom is -0.457 e. The molecule has 222 valence electrons. The van der Waals surface area contributed by atoms with Gasteiger partial charge in [-0.3, -0.25) is 14.4 Å². The first-order valence-electron chi connectivity index (χ1n) is 15.2. The minimum absolute atomic E-state index is 0.00516. The van der Waals surface area contributed by atoms with Gasteiger partial charge in [0.15, 0.2) is 17.9 Å². The number of aliphatic hydroxyl groups excluding tert-OH is 2.